The average Bonchev–Trinajstić information content (AvgIpc) is 3.25. The van der Waals surface area contributed by atoms with E-state index in [1.165, 1.54) is 44.1 Å². The Morgan fingerprint density at radius 3 is 2.35 bits per heavy atom. The maximum Gasteiger partial charge on any atom is 0.309 e. The van der Waals surface area contributed by atoms with E-state index in [-0.39, 0.29) is 24.3 Å². The van der Waals surface area contributed by atoms with Crippen LogP contribution in [0.3, 0.4) is 0 Å². The molecule has 4 saturated carbocycles. The Labute approximate surface area is 245 Å². The first-order chi connectivity index (χ1) is 18.9. The molecule has 5 nitrogen and oxygen atoms in total. The highest BCUT2D eigenvalue weighted by Crippen LogP contribution is 2.68. The SMILES string of the molecule is C=C(C)C1CC[C@H]2[C@@H]3CC[C@H]4C[C@H](OC(=O)[C@@H](CC(=O)[C@@H](N)CCCCN)CC(C)C)CC[C@]4(C)[C@H]3CC[C@]12C. The highest BCUT2D eigenvalue weighted by Gasteiger charge is 2.60. The van der Waals surface area contributed by atoms with Crippen molar-refractivity contribution in [2.75, 3.05) is 6.54 Å². The van der Waals surface area contributed by atoms with Gasteiger partial charge in [0.25, 0.3) is 0 Å². The number of Topliss-reactive ketones (excluding diaryl/α,β-unsaturated/α-hetero) is 1. The first-order valence-electron chi connectivity index (χ1n) is 16.7. The van der Waals surface area contributed by atoms with Gasteiger partial charge in [-0.1, -0.05) is 46.3 Å². The summed E-state index contributed by atoms with van der Waals surface area (Å²) in [7, 11) is 0. The van der Waals surface area contributed by atoms with Crippen LogP contribution in [0.4, 0.5) is 0 Å². The van der Waals surface area contributed by atoms with Gasteiger partial charge in [-0.15, -0.1) is 0 Å². The molecule has 4 rings (SSSR count). The number of esters is 1. The van der Waals surface area contributed by atoms with Crippen LogP contribution in [-0.4, -0.2) is 30.4 Å². The molecule has 10 atom stereocenters. The Kier molecular flexibility index (Phi) is 10.3. The van der Waals surface area contributed by atoms with Gasteiger partial charge in [-0.3, -0.25) is 9.59 Å². The van der Waals surface area contributed by atoms with E-state index in [9.17, 15) is 9.59 Å². The van der Waals surface area contributed by atoms with Crippen LogP contribution in [0.5, 0.6) is 0 Å². The standard InChI is InChI=1S/C35H60N2O3/c1-22(2)19-24(20-32(38)31(37)9-7-8-18-36)33(39)40-26-14-16-34(5)25(21-26)10-11-27-29-13-12-28(23(3)4)35(29,6)17-15-30(27)34/h22,24-31H,3,7-21,36-37H2,1-2,4-6H3/t24-,25+,26-,27+,28?,29+,30+,31+,34+,35-/m1/s1. The lowest BCUT2D eigenvalue weighted by Gasteiger charge is -2.61. The average molecular weight is 557 g/mol. The van der Waals surface area contributed by atoms with Crippen molar-refractivity contribution in [3.8, 4) is 0 Å². The van der Waals surface area contributed by atoms with E-state index in [1.807, 2.05) is 0 Å². The van der Waals surface area contributed by atoms with Gasteiger partial charge in [0, 0.05) is 6.42 Å². The topological polar surface area (TPSA) is 95.4 Å². The number of hydrogen-bond acceptors (Lipinski definition) is 5. The number of rotatable bonds is 12. The van der Waals surface area contributed by atoms with Crippen LogP contribution in [0.25, 0.3) is 0 Å². The number of carbonyl (C=O) groups excluding carboxylic acids is 2. The summed E-state index contributed by atoms with van der Waals surface area (Å²) in [6, 6.07) is -0.512. The van der Waals surface area contributed by atoms with Crippen molar-refractivity contribution in [2.45, 2.75) is 137 Å². The lowest BCUT2D eigenvalue weighted by atomic mass is 9.44. The fraction of sp³-hybridized carbons (Fsp3) is 0.886. The van der Waals surface area contributed by atoms with Crippen LogP contribution in [0.1, 0.15) is 125 Å². The molecule has 0 aromatic heterocycles. The van der Waals surface area contributed by atoms with Gasteiger partial charge in [0.05, 0.1) is 12.0 Å². The van der Waals surface area contributed by atoms with Crippen molar-refractivity contribution in [3.05, 3.63) is 12.2 Å². The summed E-state index contributed by atoms with van der Waals surface area (Å²) < 4.78 is 6.23. The van der Waals surface area contributed by atoms with E-state index in [2.05, 4.69) is 41.2 Å². The number of fused-ring (bicyclic) bond motifs is 5. The molecular formula is C35H60N2O3. The molecule has 40 heavy (non-hydrogen) atoms. The summed E-state index contributed by atoms with van der Waals surface area (Å²) in [5.41, 5.74) is 14.0. The highest BCUT2D eigenvalue weighted by molar-refractivity contribution is 5.88. The van der Waals surface area contributed by atoms with Crippen LogP contribution >= 0.6 is 0 Å². The molecule has 0 heterocycles. The summed E-state index contributed by atoms with van der Waals surface area (Å²) in [5.74, 6) is 3.56. The fourth-order valence-corrected chi connectivity index (χ4v) is 10.3. The van der Waals surface area contributed by atoms with Gasteiger partial charge in [0.2, 0.25) is 0 Å². The molecular weight excluding hydrogens is 496 g/mol. The van der Waals surface area contributed by atoms with Gasteiger partial charge in [0.15, 0.2) is 0 Å². The van der Waals surface area contributed by atoms with Gasteiger partial charge in [-0.05, 0) is 137 Å². The molecule has 0 amide bonds. The van der Waals surface area contributed by atoms with Gasteiger partial charge in [-0.25, -0.2) is 0 Å². The van der Waals surface area contributed by atoms with Crippen molar-refractivity contribution in [1.29, 1.82) is 0 Å². The highest BCUT2D eigenvalue weighted by atomic mass is 16.5. The summed E-state index contributed by atoms with van der Waals surface area (Å²) >= 11 is 0. The molecule has 4 fully saturated rings. The molecule has 0 bridgehead atoms. The molecule has 228 valence electrons. The largest absolute Gasteiger partial charge is 0.462 e. The number of hydrogen-bond donors (Lipinski definition) is 2. The molecule has 4 aliphatic rings. The Morgan fingerprint density at radius 1 is 0.975 bits per heavy atom. The summed E-state index contributed by atoms with van der Waals surface area (Å²) in [6.45, 7) is 16.6. The predicted octanol–water partition coefficient (Wildman–Crippen LogP) is 7.21. The maximum atomic E-state index is 13.4. The monoisotopic (exact) mass is 556 g/mol. The minimum atomic E-state index is -0.512. The third-order valence-corrected chi connectivity index (χ3v) is 12.4. The molecule has 0 aliphatic heterocycles. The summed E-state index contributed by atoms with van der Waals surface area (Å²) in [6.07, 6.45) is 14.3. The lowest BCUT2D eigenvalue weighted by Crippen LogP contribution is -2.54. The van der Waals surface area contributed by atoms with Gasteiger partial charge in [0.1, 0.15) is 11.9 Å². The first-order valence-corrected chi connectivity index (χ1v) is 16.7. The molecule has 4 N–H and O–H groups in total. The van der Waals surface area contributed by atoms with E-state index >= 15 is 0 Å². The van der Waals surface area contributed by atoms with Crippen molar-refractivity contribution >= 4 is 11.8 Å². The van der Waals surface area contributed by atoms with Crippen molar-refractivity contribution < 1.29 is 14.3 Å². The number of allylic oxidation sites excluding steroid dienone is 1. The zero-order valence-corrected chi connectivity index (χ0v) is 26.4. The first kappa shape index (κ1) is 31.7. The van der Waals surface area contributed by atoms with E-state index in [0.29, 0.717) is 48.0 Å². The Hall–Kier alpha value is -1.20. The van der Waals surface area contributed by atoms with E-state index < -0.39 is 12.0 Å². The van der Waals surface area contributed by atoms with Crippen molar-refractivity contribution in [3.63, 3.8) is 0 Å². The molecule has 5 heteroatoms. The van der Waals surface area contributed by atoms with E-state index in [1.54, 1.807) is 0 Å². The molecule has 4 aliphatic carbocycles. The third-order valence-electron chi connectivity index (χ3n) is 12.4. The zero-order valence-electron chi connectivity index (χ0n) is 26.4. The number of ketones is 1. The van der Waals surface area contributed by atoms with E-state index in [0.717, 1.165) is 49.9 Å². The number of nitrogens with two attached hydrogens (primary N) is 2. The second-order valence-corrected chi connectivity index (χ2v) is 15.4. The number of unbranched alkanes of at least 4 members (excludes halogenated alkanes) is 1. The zero-order chi connectivity index (χ0) is 29.2. The summed E-state index contributed by atoms with van der Waals surface area (Å²) in [4.78, 5) is 26.3. The van der Waals surface area contributed by atoms with Crippen LogP contribution < -0.4 is 11.5 Å². The summed E-state index contributed by atoms with van der Waals surface area (Å²) in [5, 5.41) is 0. The Balaban J connectivity index is 1.36. The van der Waals surface area contributed by atoms with E-state index in [4.69, 9.17) is 16.2 Å². The van der Waals surface area contributed by atoms with Crippen molar-refractivity contribution in [1.82, 2.24) is 0 Å². The molecule has 0 spiro atoms. The smallest absolute Gasteiger partial charge is 0.309 e. The molecule has 0 radical (unpaired) electrons. The second kappa shape index (κ2) is 13.0. The minimum absolute atomic E-state index is 0.0146. The lowest BCUT2D eigenvalue weighted by molar-refractivity contribution is -0.167. The Bertz CT molecular complexity index is 916. The maximum absolute atomic E-state index is 13.4. The number of carbonyl (C=O) groups is 2. The van der Waals surface area contributed by atoms with Crippen LogP contribution in [0, 0.1) is 52.3 Å². The molecule has 0 aromatic carbocycles. The molecule has 0 saturated heterocycles. The normalized spacial score (nSPS) is 38.6. The fourth-order valence-electron chi connectivity index (χ4n) is 10.3. The van der Waals surface area contributed by atoms with Crippen LogP contribution in [-0.2, 0) is 14.3 Å². The third kappa shape index (κ3) is 6.41. The van der Waals surface area contributed by atoms with Gasteiger partial charge >= 0.3 is 5.97 Å². The predicted molar refractivity (Wildman–Crippen MR) is 163 cm³/mol. The second-order valence-electron chi connectivity index (χ2n) is 15.4. The van der Waals surface area contributed by atoms with Crippen molar-refractivity contribution in [2.24, 2.45) is 63.7 Å². The van der Waals surface area contributed by atoms with Gasteiger partial charge < -0.3 is 16.2 Å². The molecule has 1 unspecified atom stereocenters. The minimum Gasteiger partial charge on any atom is -0.462 e. The van der Waals surface area contributed by atoms with Crippen LogP contribution in [0.15, 0.2) is 12.2 Å². The quantitative estimate of drug-likeness (QED) is 0.150. The van der Waals surface area contributed by atoms with Crippen LogP contribution in [0.2, 0.25) is 0 Å². The Morgan fingerprint density at radius 2 is 1.68 bits per heavy atom. The van der Waals surface area contributed by atoms with Gasteiger partial charge in [-0.2, -0.15) is 0 Å². The molecule has 0 aromatic rings. The number of ether oxygens (including phenoxy) is 1.